The molecule has 4 rings (SSSR count). The van der Waals surface area contributed by atoms with Crippen molar-refractivity contribution in [2.24, 2.45) is 5.16 Å². The molecule has 1 aliphatic heterocycles. The molecule has 0 aliphatic carbocycles. The average Bonchev–Trinajstić information content (AvgIpc) is 3.41. The summed E-state index contributed by atoms with van der Waals surface area (Å²) in [6, 6.07) is 17.9. The Morgan fingerprint density at radius 1 is 1.19 bits per heavy atom. The number of hydrogen-bond acceptors (Lipinski definition) is 6. The van der Waals surface area contributed by atoms with Crippen molar-refractivity contribution < 1.29 is 9.36 Å². The summed E-state index contributed by atoms with van der Waals surface area (Å²) in [5, 5.41) is 11.6. The predicted molar refractivity (Wildman–Crippen MR) is 103 cm³/mol. The monoisotopic (exact) mass is 362 g/mol. The van der Waals surface area contributed by atoms with Gasteiger partial charge in [-0.15, -0.1) is 0 Å². The highest BCUT2D eigenvalue weighted by molar-refractivity contribution is 5.98. The van der Waals surface area contributed by atoms with Crippen molar-refractivity contribution in [2.75, 3.05) is 13.1 Å². The van der Waals surface area contributed by atoms with E-state index in [4.69, 9.17) is 9.36 Å². The number of oxime groups is 1. The van der Waals surface area contributed by atoms with Crippen LogP contribution in [0.5, 0.6) is 0 Å². The Balaban J connectivity index is 1.40. The Morgan fingerprint density at radius 2 is 2.00 bits per heavy atom. The number of aromatic nitrogens is 2. The first-order valence-corrected chi connectivity index (χ1v) is 9.15. The first-order valence-electron chi connectivity index (χ1n) is 9.15. The van der Waals surface area contributed by atoms with Gasteiger partial charge in [0.15, 0.2) is 0 Å². The molecular formula is C21H22N4O2. The van der Waals surface area contributed by atoms with Gasteiger partial charge in [0.2, 0.25) is 11.7 Å². The van der Waals surface area contributed by atoms with Gasteiger partial charge in [-0.05, 0) is 31.0 Å². The van der Waals surface area contributed by atoms with Crippen molar-refractivity contribution in [1.82, 2.24) is 15.5 Å². The molecule has 0 radical (unpaired) electrons. The third kappa shape index (κ3) is 4.23. The van der Waals surface area contributed by atoms with E-state index in [9.17, 15) is 0 Å². The lowest BCUT2D eigenvalue weighted by molar-refractivity contribution is 0.130. The second-order valence-electron chi connectivity index (χ2n) is 6.66. The molecule has 6 nitrogen and oxygen atoms in total. The summed E-state index contributed by atoms with van der Waals surface area (Å²) in [4.78, 5) is 10.0. The number of benzene rings is 2. The van der Waals surface area contributed by atoms with Gasteiger partial charge in [-0.3, -0.25) is 0 Å². The molecule has 0 unspecified atom stereocenters. The third-order valence-electron chi connectivity index (χ3n) is 4.69. The van der Waals surface area contributed by atoms with Crippen LogP contribution in [-0.2, 0) is 11.4 Å². The summed E-state index contributed by atoms with van der Waals surface area (Å²) in [6.45, 7) is 4.29. The zero-order valence-corrected chi connectivity index (χ0v) is 15.3. The largest absolute Gasteiger partial charge is 0.391 e. The second kappa shape index (κ2) is 8.14. The highest BCUT2D eigenvalue weighted by atomic mass is 16.6. The van der Waals surface area contributed by atoms with E-state index in [1.54, 1.807) is 0 Å². The van der Waals surface area contributed by atoms with Crippen LogP contribution in [0.1, 0.15) is 36.3 Å². The summed E-state index contributed by atoms with van der Waals surface area (Å²) in [6.07, 6.45) is 1.04. The molecule has 2 aromatic carbocycles. The summed E-state index contributed by atoms with van der Waals surface area (Å²) in [5.41, 5.74) is 3.84. The molecule has 0 saturated carbocycles. The summed E-state index contributed by atoms with van der Waals surface area (Å²) >= 11 is 0. The van der Waals surface area contributed by atoms with Gasteiger partial charge in [0.1, 0.15) is 6.61 Å². The Kier molecular flexibility index (Phi) is 5.25. The molecule has 6 heteroatoms. The number of rotatable bonds is 6. The minimum Gasteiger partial charge on any atom is -0.391 e. The molecular weight excluding hydrogens is 340 g/mol. The molecule has 27 heavy (non-hydrogen) atoms. The lowest BCUT2D eigenvalue weighted by Gasteiger charge is -2.03. The van der Waals surface area contributed by atoms with Gasteiger partial charge in [-0.25, -0.2) is 0 Å². The van der Waals surface area contributed by atoms with Gasteiger partial charge in [0.05, 0.1) is 11.6 Å². The normalized spacial score (nSPS) is 17.2. The van der Waals surface area contributed by atoms with Crippen LogP contribution in [0.25, 0.3) is 11.4 Å². The summed E-state index contributed by atoms with van der Waals surface area (Å²) in [7, 11) is 0. The molecule has 0 spiro atoms. The van der Waals surface area contributed by atoms with Crippen LogP contribution in [0.4, 0.5) is 0 Å². The quantitative estimate of drug-likeness (QED) is 0.534. The maximum Gasteiger partial charge on any atom is 0.231 e. The summed E-state index contributed by atoms with van der Waals surface area (Å²) < 4.78 is 5.43. The molecule has 1 N–H and O–H groups in total. The average molecular weight is 362 g/mol. The molecule has 1 atom stereocenters. The zero-order chi connectivity index (χ0) is 18.5. The van der Waals surface area contributed by atoms with Crippen molar-refractivity contribution in [2.45, 2.75) is 25.9 Å². The van der Waals surface area contributed by atoms with Crippen molar-refractivity contribution in [3.63, 3.8) is 0 Å². The Morgan fingerprint density at radius 3 is 2.74 bits per heavy atom. The molecule has 138 valence electrons. The van der Waals surface area contributed by atoms with Crippen LogP contribution < -0.4 is 5.32 Å². The molecule has 0 bridgehead atoms. The van der Waals surface area contributed by atoms with Crippen molar-refractivity contribution in [3.05, 3.63) is 71.6 Å². The van der Waals surface area contributed by atoms with Gasteiger partial charge in [0, 0.05) is 12.1 Å². The highest BCUT2D eigenvalue weighted by Gasteiger charge is 2.23. The minimum absolute atomic E-state index is 0.321. The molecule has 1 aromatic heterocycles. The predicted octanol–water partition coefficient (Wildman–Crippen LogP) is 3.75. The van der Waals surface area contributed by atoms with Gasteiger partial charge >= 0.3 is 0 Å². The number of nitrogens with zero attached hydrogens (tertiary/aromatic N) is 3. The van der Waals surface area contributed by atoms with Crippen molar-refractivity contribution in [3.8, 4) is 11.4 Å². The van der Waals surface area contributed by atoms with Crippen molar-refractivity contribution in [1.29, 1.82) is 0 Å². The van der Waals surface area contributed by atoms with E-state index in [1.165, 1.54) is 0 Å². The maximum absolute atomic E-state index is 5.45. The topological polar surface area (TPSA) is 72.5 Å². The maximum atomic E-state index is 5.45. The molecule has 2 heterocycles. The highest BCUT2D eigenvalue weighted by Crippen LogP contribution is 2.24. The smallest absolute Gasteiger partial charge is 0.231 e. The SMILES string of the molecule is CC(=NOCc1ccccc1)c1ccc(-c2noc([C@@H]3CCNC3)n2)cc1. The minimum atomic E-state index is 0.321. The van der Waals surface area contributed by atoms with Gasteiger partial charge < -0.3 is 14.7 Å². The van der Waals surface area contributed by atoms with E-state index < -0.39 is 0 Å². The van der Waals surface area contributed by atoms with E-state index >= 15 is 0 Å². The first kappa shape index (κ1) is 17.4. The van der Waals surface area contributed by atoms with E-state index in [2.05, 4.69) is 20.6 Å². The molecule has 1 fully saturated rings. The lowest BCUT2D eigenvalue weighted by atomic mass is 10.1. The van der Waals surface area contributed by atoms with Crippen molar-refractivity contribution >= 4 is 5.71 Å². The Bertz CT molecular complexity index is 897. The van der Waals surface area contributed by atoms with Crippen LogP contribution in [0, 0.1) is 0 Å². The van der Waals surface area contributed by atoms with Crippen LogP contribution in [-0.4, -0.2) is 28.9 Å². The van der Waals surface area contributed by atoms with Gasteiger partial charge in [0.25, 0.3) is 0 Å². The van der Waals surface area contributed by atoms with E-state index in [0.717, 1.165) is 41.9 Å². The molecule has 1 aliphatic rings. The van der Waals surface area contributed by atoms with Crippen LogP contribution in [0.3, 0.4) is 0 Å². The third-order valence-corrected chi connectivity index (χ3v) is 4.69. The molecule has 0 amide bonds. The van der Waals surface area contributed by atoms with Gasteiger partial charge in [-0.2, -0.15) is 4.98 Å². The second-order valence-corrected chi connectivity index (χ2v) is 6.66. The lowest BCUT2D eigenvalue weighted by Crippen LogP contribution is -2.08. The zero-order valence-electron chi connectivity index (χ0n) is 15.3. The fourth-order valence-electron chi connectivity index (χ4n) is 3.07. The van der Waals surface area contributed by atoms with Crippen LogP contribution in [0.2, 0.25) is 0 Å². The fourth-order valence-corrected chi connectivity index (χ4v) is 3.07. The Hall–Kier alpha value is -2.99. The summed E-state index contributed by atoms with van der Waals surface area (Å²) in [5.74, 6) is 1.66. The first-order chi connectivity index (χ1) is 13.3. The number of nitrogens with one attached hydrogen (secondary N) is 1. The van der Waals surface area contributed by atoms with Crippen LogP contribution in [0.15, 0.2) is 64.3 Å². The molecule has 1 saturated heterocycles. The number of hydrogen-bond donors (Lipinski definition) is 1. The molecule has 3 aromatic rings. The van der Waals surface area contributed by atoms with E-state index in [1.807, 2.05) is 61.5 Å². The van der Waals surface area contributed by atoms with E-state index in [-0.39, 0.29) is 0 Å². The Labute approximate surface area is 158 Å². The van der Waals surface area contributed by atoms with Gasteiger partial charge in [-0.1, -0.05) is 64.9 Å². The standard InChI is InChI=1S/C21H22N4O2/c1-15(24-26-14-16-5-3-2-4-6-16)17-7-9-18(10-8-17)20-23-21(27-25-20)19-11-12-22-13-19/h2-10,19,22H,11-14H2,1H3/t19-/m1/s1. The fraction of sp³-hybridized carbons (Fsp3) is 0.286. The van der Waals surface area contributed by atoms with Crippen LogP contribution >= 0.6 is 0 Å². The van der Waals surface area contributed by atoms with E-state index in [0.29, 0.717) is 24.2 Å².